The summed E-state index contributed by atoms with van der Waals surface area (Å²) >= 11 is 6.35. The molecule has 0 bridgehead atoms. The predicted molar refractivity (Wildman–Crippen MR) is 141 cm³/mol. The molecule has 2 rings (SSSR count). The van der Waals surface area contributed by atoms with Crippen LogP contribution in [0.3, 0.4) is 0 Å². The zero-order valence-corrected chi connectivity index (χ0v) is 22.7. The number of para-hydroxylation sites is 1. The van der Waals surface area contributed by atoms with E-state index in [4.69, 9.17) is 16.3 Å². The number of aryl methyl sites for hydroxylation is 3. The Morgan fingerprint density at radius 1 is 1.08 bits per heavy atom. The maximum atomic E-state index is 13.8. The summed E-state index contributed by atoms with van der Waals surface area (Å²) in [5, 5.41) is 15.6. The fourth-order valence-corrected chi connectivity index (χ4v) is 4.03. The van der Waals surface area contributed by atoms with E-state index in [0.29, 0.717) is 16.3 Å². The number of alkyl carbamates (subject to hydrolysis) is 1. The van der Waals surface area contributed by atoms with Gasteiger partial charge in [-0.2, -0.15) is 0 Å². The summed E-state index contributed by atoms with van der Waals surface area (Å²) < 4.78 is 5.27. The van der Waals surface area contributed by atoms with Gasteiger partial charge in [-0.3, -0.25) is 9.59 Å². The maximum absolute atomic E-state index is 13.8. The molecule has 2 aromatic carbocycles. The van der Waals surface area contributed by atoms with Crippen LogP contribution in [0.15, 0.2) is 36.4 Å². The van der Waals surface area contributed by atoms with Crippen molar-refractivity contribution in [3.05, 3.63) is 63.7 Å². The topological polar surface area (TPSA) is 108 Å². The summed E-state index contributed by atoms with van der Waals surface area (Å²) in [6.45, 7) is 11.7. The minimum absolute atomic E-state index is 0.133. The maximum Gasteiger partial charge on any atom is 0.408 e. The van der Waals surface area contributed by atoms with Crippen LogP contribution in [-0.2, 0) is 14.3 Å². The van der Waals surface area contributed by atoms with Gasteiger partial charge in [0, 0.05) is 6.54 Å². The number of hydrogen-bond donors (Lipinski definition) is 3. The minimum Gasteiger partial charge on any atom is -0.444 e. The second kappa shape index (κ2) is 12.2. The Bertz CT molecular complexity index is 1090. The van der Waals surface area contributed by atoms with E-state index in [1.165, 1.54) is 11.8 Å². The summed E-state index contributed by atoms with van der Waals surface area (Å²) in [5.74, 6) is -1.04. The highest BCUT2D eigenvalue weighted by Gasteiger charge is 2.35. The van der Waals surface area contributed by atoms with E-state index in [0.717, 1.165) is 16.7 Å². The Morgan fingerprint density at radius 2 is 1.75 bits per heavy atom. The standard InChI is InChI=1S/C27H36ClN3O5/c1-16-11-12-17(2)20(15-16)23(24(33)30-22-18(3)9-8-10-21(22)28)31(13-14-32)25(34)19(4)29-26(35)36-27(5,6)7/h8-12,15,19,23,32H,13-14H2,1-7H3,(H,29,35)(H,30,33). The van der Waals surface area contributed by atoms with Gasteiger partial charge in [-0.25, -0.2) is 4.79 Å². The van der Waals surface area contributed by atoms with Crippen molar-refractivity contribution < 1.29 is 24.2 Å². The fraction of sp³-hybridized carbons (Fsp3) is 0.444. The predicted octanol–water partition coefficient (Wildman–Crippen LogP) is 4.68. The van der Waals surface area contributed by atoms with Crippen LogP contribution in [0.2, 0.25) is 5.02 Å². The summed E-state index contributed by atoms with van der Waals surface area (Å²) in [7, 11) is 0. The molecular formula is C27H36ClN3O5. The lowest BCUT2D eigenvalue weighted by molar-refractivity contribution is -0.141. The van der Waals surface area contributed by atoms with Crippen LogP contribution < -0.4 is 10.6 Å². The van der Waals surface area contributed by atoms with E-state index in [1.807, 2.05) is 45.0 Å². The number of carbonyl (C=O) groups is 3. The number of hydrogen-bond acceptors (Lipinski definition) is 5. The molecule has 0 spiro atoms. The highest BCUT2D eigenvalue weighted by molar-refractivity contribution is 6.34. The van der Waals surface area contributed by atoms with Gasteiger partial charge in [0.1, 0.15) is 17.7 Å². The van der Waals surface area contributed by atoms with Crippen molar-refractivity contribution >= 4 is 35.2 Å². The van der Waals surface area contributed by atoms with Crippen LogP contribution in [0, 0.1) is 20.8 Å². The molecule has 0 saturated heterocycles. The Hall–Kier alpha value is -3.10. The van der Waals surface area contributed by atoms with E-state index >= 15 is 0 Å². The monoisotopic (exact) mass is 517 g/mol. The zero-order valence-electron chi connectivity index (χ0n) is 21.9. The van der Waals surface area contributed by atoms with Gasteiger partial charge in [-0.1, -0.05) is 47.5 Å². The number of amides is 3. The van der Waals surface area contributed by atoms with Crippen LogP contribution in [-0.4, -0.2) is 52.7 Å². The third kappa shape index (κ3) is 7.70. The molecule has 9 heteroatoms. The van der Waals surface area contributed by atoms with E-state index < -0.39 is 35.6 Å². The second-order valence-electron chi connectivity index (χ2n) is 9.81. The molecule has 36 heavy (non-hydrogen) atoms. The molecule has 2 atom stereocenters. The van der Waals surface area contributed by atoms with Gasteiger partial charge in [0.2, 0.25) is 5.91 Å². The van der Waals surface area contributed by atoms with Crippen LogP contribution in [0.4, 0.5) is 10.5 Å². The molecule has 3 N–H and O–H groups in total. The van der Waals surface area contributed by atoms with Gasteiger partial charge in [0.25, 0.3) is 5.91 Å². The average molecular weight is 518 g/mol. The molecule has 0 heterocycles. The molecule has 0 aliphatic heterocycles. The van der Waals surface area contributed by atoms with Gasteiger partial charge in [-0.15, -0.1) is 0 Å². The smallest absolute Gasteiger partial charge is 0.408 e. The Labute approximate surface area is 218 Å². The number of halogens is 1. The largest absolute Gasteiger partial charge is 0.444 e. The molecule has 0 aromatic heterocycles. The van der Waals surface area contributed by atoms with E-state index in [9.17, 15) is 19.5 Å². The molecule has 196 valence electrons. The lowest BCUT2D eigenvalue weighted by atomic mass is 9.96. The Kier molecular flexibility index (Phi) is 9.90. The summed E-state index contributed by atoms with van der Waals surface area (Å²) in [6, 6.07) is 8.77. The van der Waals surface area contributed by atoms with Crippen LogP contribution in [0.5, 0.6) is 0 Å². The first-order valence-electron chi connectivity index (χ1n) is 11.8. The number of carbonyl (C=O) groups excluding carboxylic acids is 3. The molecule has 8 nitrogen and oxygen atoms in total. The number of aliphatic hydroxyl groups excluding tert-OH is 1. The lowest BCUT2D eigenvalue weighted by Gasteiger charge is -2.34. The summed E-state index contributed by atoms with van der Waals surface area (Å²) in [6.07, 6.45) is -0.758. The van der Waals surface area contributed by atoms with Crippen LogP contribution in [0.25, 0.3) is 0 Å². The molecule has 0 saturated carbocycles. The molecule has 0 radical (unpaired) electrons. The zero-order chi connectivity index (χ0) is 27.2. The van der Waals surface area contributed by atoms with E-state index in [1.54, 1.807) is 32.9 Å². The molecule has 0 aliphatic rings. The number of benzene rings is 2. The highest BCUT2D eigenvalue weighted by atomic mass is 35.5. The van der Waals surface area contributed by atoms with Gasteiger partial charge in [-0.05, 0) is 71.2 Å². The van der Waals surface area contributed by atoms with Gasteiger partial charge in [0.05, 0.1) is 17.3 Å². The third-order valence-corrected chi connectivity index (χ3v) is 5.80. The van der Waals surface area contributed by atoms with Crippen molar-refractivity contribution in [3.63, 3.8) is 0 Å². The van der Waals surface area contributed by atoms with E-state index in [2.05, 4.69) is 10.6 Å². The van der Waals surface area contributed by atoms with Crippen molar-refractivity contribution in [2.75, 3.05) is 18.5 Å². The van der Waals surface area contributed by atoms with Gasteiger partial charge in [0.15, 0.2) is 0 Å². The molecule has 2 unspecified atom stereocenters. The summed E-state index contributed by atoms with van der Waals surface area (Å²) in [5.41, 5.74) is 2.75. The molecule has 3 amide bonds. The number of ether oxygens (including phenoxy) is 1. The SMILES string of the molecule is Cc1ccc(C)c(C(C(=O)Nc2c(C)cccc2Cl)N(CCO)C(=O)C(C)NC(=O)OC(C)(C)C)c1. The number of anilines is 1. The lowest BCUT2D eigenvalue weighted by Crippen LogP contribution is -2.52. The number of nitrogens with zero attached hydrogens (tertiary/aromatic N) is 1. The minimum atomic E-state index is -1.09. The van der Waals surface area contributed by atoms with Gasteiger partial charge >= 0.3 is 6.09 Å². The molecule has 2 aromatic rings. The fourth-order valence-electron chi connectivity index (χ4n) is 3.76. The number of rotatable bonds is 8. The number of nitrogens with one attached hydrogen (secondary N) is 2. The first kappa shape index (κ1) is 29.1. The van der Waals surface area contributed by atoms with Crippen molar-refractivity contribution in [3.8, 4) is 0 Å². The number of aliphatic hydroxyl groups is 1. The highest BCUT2D eigenvalue weighted by Crippen LogP contribution is 2.31. The molecular weight excluding hydrogens is 482 g/mol. The van der Waals surface area contributed by atoms with Crippen molar-refractivity contribution in [1.29, 1.82) is 0 Å². The Balaban J connectivity index is 2.50. The Morgan fingerprint density at radius 3 is 2.33 bits per heavy atom. The van der Waals surface area contributed by atoms with Crippen molar-refractivity contribution in [1.82, 2.24) is 10.2 Å². The van der Waals surface area contributed by atoms with Gasteiger partial charge < -0.3 is 25.4 Å². The first-order valence-corrected chi connectivity index (χ1v) is 12.2. The quantitative estimate of drug-likeness (QED) is 0.471. The van der Waals surface area contributed by atoms with Crippen LogP contribution >= 0.6 is 11.6 Å². The molecule has 0 fully saturated rings. The second-order valence-corrected chi connectivity index (χ2v) is 10.2. The van der Waals surface area contributed by atoms with E-state index in [-0.39, 0.29) is 13.2 Å². The summed E-state index contributed by atoms with van der Waals surface area (Å²) in [4.78, 5) is 40.9. The first-order chi connectivity index (χ1) is 16.7. The normalized spacial score (nSPS) is 12.9. The van der Waals surface area contributed by atoms with Crippen molar-refractivity contribution in [2.45, 2.75) is 66.2 Å². The van der Waals surface area contributed by atoms with Crippen LogP contribution in [0.1, 0.15) is 56.0 Å². The third-order valence-electron chi connectivity index (χ3n) is 5.49. The molecule has 0 aliphatic carbocycles. The average Bonchev–Trinajstić information content (AvgIpc) is 2.76. The van der Waals surface area contributed by atoms with Crippen molar-refractivity contribution in [2.24, 2.45) is 0 Å².